The second kappa shape index (κ2) is 6.78. The smallest absolute Gasteiger partial charge is 0.250 e. The number of anilines is 2. The van der Waals surface area contributed by atoms with Gasteiger partial charge in [0.05, 0.1) is 11.4 Å². The molecule has 110 valence electrons. The molecule has 1 aromatic carbocycles. The number of nitrogens with zero attached hydrogens (tertiary/aromatic N) is 1. The Morgan fingerprint density at radius 1 is 1.33 bits per heavy atom. The molecule has 1 aromatic heterocycles. The largest absolute Gasteiger partial charge is 0.397 e. The molecule has 0 saturated carbocycles. The quantitative estimate of drug-likeness (QED) is 0.812. The SMILES string of the molecule is Nc1cc(Cl)ccc1NC(=O)CCn1cc(Br)ccc1=O. The fourth-order valence-electron chi connectivity index (χ4n) is 1.76. The van der Waals surface area contributed by atoms with Crippen molar-refractivity contribution < 1.29 is 4.79 Å². The van der Waals surface area contributed by atoms with Gasteiger partial charge in [-0.2, -0.15) is 0 Å². The number of nitrogens with two attached hydrogens (primary N) is 1. The number of aromatic nitrogens is 1. The van der Waals surface area contributed by atoms with Gasteiger partial charge < -0.3 is 15.6 Å². The molecule has 0 radical (unpaired) electrons. The first-order valence-corrected chi connectivity index (χ1v) is 7.33. The predicted molar refractivity (Wildman–Crippen MR) is 87.5 cm³/mol. The molecule has 1 amide bonds. The summed E-state index contributed by atoms with van der Waals surface area (Å²) in [4.78, 5) is 23.5. The van der Waals surface area contributed by atoms with Crippen molar-refractivity contribution in [3.63, 3.8) is 0 Å². The van der Waals surface area contributed by atoms with Crippen molar-refractivity contribution >= 4 is 44.8 Å². The van der Waals surface area contributed by atoms with E-state index in [1.807, 2.05) is 0 Å². The second-order valence-electron chi connectivity index (χ2n) is 4.41. The Morgan fingerprint density at radius 2 is 2.10 bits per heavy atom. The molecule has 21 heavy (non-hydrogen) atoms. The van der Waals surface area contributed by atoms with E-state index >= 15 is 0 Å². The van der Waals surface area contributed by atoms with E-state index in [9.17, 15) is 9.59 Å². The number of carbonyl (C=O) groups excluding carboxylic acids is 1. The average Bonchev–Trinajstić information content (AvgIpc) is 2.43. The summed E-state index contributed by atoms with van der Waals surface area (Å²) in [6.07, 6.45) is 1.81. The summed E-state index contributed by atoms with van der Waals surface area (Å²) < 4.78 is 2.25. The Labute approximate surface area is 134 Å². The van der Waals surface area contributed by atoms with Crippen LogP contribution < -0.4 is 16.6 Å². The van der Waals surface area contributed by atoms with Gasteiger partial charge in [-0.05, 0) is 40.2 Å². The molecule has 2 aromatic rings. The van der Waals surface area contributed by atoms with Gasteiger partial charge in [-0.1, -0.05) is 11.6 Å². The van der Waals surface area contributed by atoms with Crippen LogP contribution in [-0.2, 0) is 11.3 Å². The summed E-state index contributed by atoms with van der Waals surface area (Å²) in [5.74, 6) is -0.226. The molecule has 0 fully saturated rings. The van der Waals surface area contributed by atoms with Gasteiger partial charge in [0.2, 0.25) is 5.91 Å². The molecule has 7 heteroatoms. The maximum atomic E-state index is 11.9. The number of nitrogen functional groups attached to an aromatic ring is 1. The molecule has 1 heterocycles. The summed E-state index contributed by atoms with van der Waals surface area (Å²) in [5, 5.41) is 3.20. The number of amides is 1. The summed E-state index contributed by atoms with van der Waals surface area (Å²) >= 11 is 9.08. The number of carbonyl (C=O) groups is 1. The van der Waals surface area contributed by atoms with Crippen molar-refractivity contribution in [2.75, 3.05) is 11.1 Å². The van der Waals surface area contributed by atoms with Gasteiger partial charge in [0.1, 0.15) is 0 Å². The summed E-state index contributed by atoms with van der Waals surface area (Å²) in [5.41, 5.74) is 6.51. The summed E-state index contributed by atoms with van der Waals surface area (Å²) in [7, 11) is 0. The molecule has 5 nitrogen and oxygen atoms in total. The fraction of sp³-hybridized carbons (Fsp3) is 0.143. The number of aryl methyl sites for hydroxylation is 1. The van der Waals surface area contributed by atoms with Crippen LogP contribution in [0.3, 0.4) is 0 Å². The van der Waals surface area contributed by atoms with Gasteiger partial charge in [0.25, 0.3) is 5.56 Å². The lowest BCUT2D eigenvalue weighted by molar-refractivity contribution is -0.116. The molecule has 0 aliphatic carbocycles. The minimum Gasteiger partial charge on any atom is -0.397 e. The zero-order valence-electron chi connectivity index (χ0n) is 11.0. The molecule has 0 bridgehead atoms. The van der Waals surface area contributed by atoms with Gasteiger partial charge in [0.15, 0.2) is 0 Å². The van der Waals surface area contributed by atoms with Crippen LogP contribution in [0.4, 0.5) is 11.4 Å². The first kappa shape index (κ1) is 15.6. The number of nitrogens with one attached hydrogen (secondary N) is 1. The van der Waals surface area contributed by atoms with E-state index in [1.54, 1.807) is 30.5 Å². The standard InChI is InChI=1S/C14H13BrClN3O2/c15-9-1-4-14(21)19(8-9)6-5-13(20)18-12-3-2-10(16)7-11(12)17/h1-4,7-8H,5-6,17H2,(H,18,20). The van der Waals surface area contributed by atoms with Gasteiger partial charge in [-0.25, -0.2) is 0 Å². The number of pyridine rings is 1. The van der Waals surface area contributed by atoms with Crippen molar-refractivity contribution in [3.8, 4) is 0 Å². The Hall–Kier alpha value is -1.79. The highest BCUT2D eigenvalue weighted by molar-refractivity contribution is 9.10. The minimum absolute atomic E-state index is 0.156. The molecule has 2 rings (SSSR count). The third kappa shape index (κ3) is 4.34. The molecule has 0 spiro atoms. The number of hydrogen-bond acceptors (Lipinski definition) is 3. The van der Waals surface area contributed by atoms with E-state index in [4.69, 9.17) is 17.3 Å². The molecule has 0 atom stereocenters. The Morgan fingerprint density at radius 3 is 2.81 bits per heavy atom. The number of hydrogen-bond donors (Lipinski definition) is 2. The van der Waals surface area contributed by atoms with E-state index in [0.717, 1.165) is 4.47 Å². The summed E-state index contributed by atoms with van der Waals surface area (Å²) in [6.45, 7) is 0.289. The van der Waals surface area contributed by atoms with Crippen LogP contribution >= 0.6 is 27.5 Å². The maximum Gasteiger partial charge on any atom is 0.250 e. The average molecular weight is 371 g/mol. The number of benzene rings is 1. The van der Waals surface area contributed by atoms with Crippen LogP contribution in [0, 0.1) is 0 Å². The lowest BCUT2D eigenvalue weighted by Gasteiger charge is -2.09. The Balaban J connectivity index is 1.99. The lowest BCUT2D eigenvalue weighted by atomic mass is 10.2. The van der Waals surface area contributed by atoms with Gasteiger partial charge in [-0.15, -0.1) is 0 Å². The molecule has 0 unspecified atom stereocenters. The topological polar surface area (TPSA) is 77.1 Å². The first-order valence-electron chi connectivity index (χ1n) is 6.16. The Bertz CT molecular complexity index is 730. The van der Waals surface area contributed by atoms with Crippen LogP contribution in [0.25, 0.3) is 0 Å². The van der Waals surface area contributed by atoms with E-state index in [1.165, 1.54) is 10.6 Å². The molecule has 0 saturated heterocycles. The van der Waals surface area contributed by atoms with E-state index in [2.05, 4.69) is 21.2 Å². The monoisotopic (exact) mass is 369 g/mol. The fourth-order valence-corrected chi connectivity index (χ4v) is 2.32. The Kier molecular flexibility index (Phi) is 5.03. The van der Waals surface area contributed by atoms with Crippen LogP contribution in [-0.4, -0.2) is 10.5 Å². The van der Waals surface area contributed by atoms with Gasteiger partial charge in [-0.3, -0.25) is 9.59 Å². The highest BCUT2D eigenvalue weighted by atomic mass is 79.9. The van der Waals surface area contributed by atoms with Crippen LogP contribution in [0.5, 0.6) is 0 Å². The third-order valence-corrected chi connectivity index (χ3v) is 3.52. The van der Waals surface area contributed by atoms with Crippen molar-refractivity contribution in [2.24, 2.45) is 0 Å². The second-order valence-corrected chi connectivity index (χ2v) is 5.76. The van der Waals surface area contributed by atoms with Crippen molar-refractivity contribution in [1.29, 1.82) is 0 Å². The number of halogens is 2. The van der Waals surface area contributed by atoms with E-state index in [-0.39, 0.29) is 24.4 Å². The lowest BCUT2D eigenvalue weighted by Crippen LogP contribution is -2.22. The normalized spacial score (nSPS) is 10.4. The highest BCUT2D eigenvalue weighted by Crippen LogP contribution is 2.22. The van der Waals surface area contributed by atoms with Crippen LogP contribution in [0.2, 0.25) is 5.02 Å². The molecular formula is C14H13BrClN3O2. The first-order chi connectivity index (χ1) is 9.95. The van der Waals surface area contributed by atoms with E-state index in [0.29, 0.717) is 16.4 Å². The number of rotatable bonds is 4. The van der Waals surface area contributed by atoms with Gasteiger partial charge in [0, 0.05) is 34.7 Å². The zero-order valence-corrected chi connectivity index (χ0v) is 13.3. The van der Waals surface area contributed by atoms with Crippen molar-refractivity contribution in [1.82, 2.24) is 4.57 Å². The molecule has 3 N–H and O–H groups in total. The molecule has 0 aliphatic heterocycles. The molecular weight excluding hydrogens is 358 g/mol. The zero-order chi connectivity index (χ0) is 15.4. The highest BCUT2D eigenvalue weighted by Gasteiger charge is 2.07. The predicted octanol–water partition coefficient (Wildman–Crippen LogP) is 2.88. The van der Waals surface area contributed by atoms with Crippen molar-refractivity contribution in [2.45, 2.75) is 13.0 Å². The minimum atomic E-state index is -0.226. The van der Waals surface area contributed by atoms with Crippen LogP contribution in [0.1, 0.15) is 6.42 Å². The van der Waals surface area contributed by atoms with Crippen LogP contribution in [0.15, 0.2) is 45.8 Å². The maximum absolute atomic E-state index is 11.9. The summed E-state index contributed by atoms with van der Waals surface area (Å²) in [6, 6.07) is 7.95. The van der Waals surface area contributed by atoms with E-state index < -0.39 is 0 Å². The van der Waals surface area contributed by atoms with Crippen molar-refractivity contribution in [3.05, 3.63) is 56.4 Å². The molecule has 0 aliphatic rings. The third-order valence-electron chi connectivity index (χ3n) is 2.81. The van der Waals surface area contributed by atoms with Gasteiger partial charge >= 0.3 is 0 Å².